The first-order chi connectivity index (χ1) is 9.09. The van der Waals surface area contributed by atoms with Crippen molar-refractivity contribution in [2.75, 3.05) is 18.8 Å². The molecule has 0 aromatic carbocycles. The molecule has 0 aliphatic rings. The third-order valence-corrected chi connectivity index (χ3v) is 5.12. The molecule has 0 amide bonds. The number of thiol groups is 1. The summed E-state index contributed by atoms with van der Waals surface area (Å²) >= 11 is 4.71. The zero-order valence-electron chi connectivity index (χ0n) is 14.0. The van der Waals surface area contributed by atoms with Gasteiger partial charge in [-0.05, 0) is 50.3 Å². The fraction of sp³-hybridized carbons (Fsp3) is 1.00. The molecule has 0 bridgehead atoms. The van der Waals surface area contributed by atoms with Gasteiger partial charge in [0.1, 0.15) is 0 Å². The van der Waals surface area contributed by atoms with E-state index >= 15 is 0 Å². The van der Waals surface area contributed by atoms with Gasteiger partial charge in [-0.3, -0.25) is 0 Å². The van der Waals surface area contributed by atoms with Crippen molar-refractivity contribution in [3.63, 3.8) is 0 Å². The highest BCUT2D eigenvalue weighted by Gasteiger charge is 2.30. The lowest BCUT2D eigenvalue weighted by atomic mass is 9.80. The topological polar surface area (TPSA) is 3.24 Å². The zero-order valence-corrected chi connectivity index (χ0v) is 14.9. The fourth-order valence-electron chi connectivity index (χ4n) is 3.06. The summed E-state index contributed by atoms with van der Waals surface area (Å²) in [6.45, 7) is 14.1. The SMILES string of the molecule is CCCCN(CC(CS)(CCC)CCC)C(C)CC. The number of hydrogen-bond donors (Lipinski definition) is 1. The van der Waals surface area contributed by atoms with E-state index in [2.05, 4.69) is 39.5 Å². The minimum atomic E-state index is 0.434. The predicted octanol–water partition coefficient (Wildman–Crippen LogP) is 5.40. The number of rotatable bonds is 12. The van der Waals surface area contributed by atoms with Crippen molar-refractivity contribution in [3.8, 4) is 0 Å². The molecule has 0 aromatic rings. The molecule has 1 nitrogen and oxygen atoms in total. The first-order valence-corrected chi connectivity index (χ1v) is 9.07. The van der Waals surface area contributed by atoms with Crippen LogP contribution in [0.2, 0.25) is 0 Å². The molecule has 0 rings (SSSR count). The largest absolute Gasteiger partial charge is 0.300 e. The van der Waals surface area contributed by atoms with Crippen LogP contribution in [0.5, 0.6) is 0 Å². The Morgan fingerprint density at radius 1 is 1.00 bits per heavy atom. The molecule has 0 aromatic heterocycles. The Morgan fingerprint density at radius 3 is 1.95 bits per heavy atom. The maximum absolute atomic E-state index is 4.71. The van der Waals surface area contributed by atoms with Crippen molar-refractivity contribution in [2.24, 2.45) is 5.41 Å². The maximum atomic E-state index is 4.71. The minimum absolute atomic E-state index is 0.434. The first-order valence-electron chi connectivity index (χ1n) is 8.44. The van der Waals surface area contributed by atoms with Crippen LogP contribution >= 0.6 is 12.6 Å². The molecular weight excluding hydrogens is 250 g/mol. The van der Waals surface area contributed by atoms with E-state index < -0.39 is 0 Å². The molecule has 0 saturated carbocycles. The lowest BCUT2D eigenvalue weighted by Gasteiger charge is -2.40. The summed E-state index contributed by atoms with van der Waals surface area (Å²) < 4.78 is 0. The molecule has 2 heteroatoms. The maximum Gasteiger partial charge on any atom is 0.00645 e. The van der Waals surface area contributed by atoms with E-state index in [1.807, 2.05) is 0 Å². The lowest BCUT2D eigenvalue weighted by molar-refractivity contribution is 0.109. The fourth-order valence-corrected chi connectivity index (χ4v) is 3.47. The molecule has 0 aliphatic carbocycles. The molecule has 0 saturated heterocycles. The summed E-state index contributed by atoms with van der Waals surface area (Å²) in [5.41, 5.74) is 0.434. The van der Waals surface area contributed by atoms with Crippen LogP contribution in [-0.2, 0) is 0 Å². The second kappa shape index (κ2) is 11.0. The summed E-state index contributed by atoms with van der Waals surface area (Å²) in [5, 5.41) is 0. The van der Waals surface area contributed by atoms with E-state index in [0.29, 0.717) is 11.5 Å². The van der Waals surface area contributed by atoms with Crippen LogP contribution in [0.3, 0.4) is 0 Å². The average Bonchev–Trinajstić information content (AvgIpc) is 2.42. The Balaban J connectivity index is 4.78. The molecule has 0 radical (unpaired) electrons. The van der Waals surface area contributed by atoms with Crippen molar-refractivity contribution < 1.29 is 0 Å². The van der Waals surface area contributed by atoms with Crippen molar-refractivity contribution in [3.05, 3.63) is 0 Å². The lowest BCUT2D eigenvalue weighted by Crippen LogP contribution is -2.44. The normalized spacial score (nSPS) is 14.1. The van der Waals surface area contributed by atoms with Gasteiger partial charge in [0.05, 0.1) is 0 Å². The molecule has 116 valence electrons. The summed E-state index contributed by atoms with van der Waals surface area (Å²) in [4.78, 5) is 2.73. The van der Waals surface area contributed by atoms with Gasteiger partial charge < -0.3 is 4.90 Å². The van der Waals surface area contributed by atoms with Gasteiger partial charge in [-0.25, -0.2) is 0 Å². The van der Waals surface area contributed by atoms with Crippen LogP contribution in [0.25, 0.3) is 0 Å². The molecule has 0 heterocycles. The van der Waals surface area contributed by atoms with Gasteiger partial charge in [-0.2, -0.15) is 12.6 Å². The van der Waals surface area contributed by atoms with Gasteiger partial charge in [0.2, 0.25) is 0 Å². The highest BCUT2D eigenvalue weighted by Crippen LogP contribution is 2.33. The minimum Gasteiger partial charge on any atom is -0.300 e. The standard InChI is InChI=1S/C17H37NS/c1-6-10-13-18(16(5)9-4)14-17(15-19,11-7-2)12-8-3/h16,19H,6-15H2,1-5H3. The molecule has 0 spiro atoms. The summed E-state index contributed by atoms with van der Waals surface area (Å²) in [5.74, 6) is 1.04. The quantitative estimate of drug-likeness (QED) is 0.470. The van der Waals surface area contributed by atoms with Gasteiger partial charge in [0.15, 0.2) is 0 Å². The highest BCUT2D eigenvalue weighted by atomic mass is 32.1. The second-order valence-corrected chi connectivity index (χ2v) is 6.56. The van der Waals surface area contributed by atoms with Crippen molar-refractivity contribution in [1.29, 1.82) is 0 Å². The van der Waals surface area contributed by atoms with Gasteiger partial charge in [0.25, 0.3) is 0 Å². The van der Waals surface area contributed by atoms with Crippen molar-refractivity contribution in [1.82, 2.24) is 4.90 Å². The highest BCUT2D eigenvalue weighted by molar-refractivity contribution is 7.80. The van der Waals surface area contributed by atoms with Crippen molar-refractivity contribution >= 4 is 12.6 Å². The zero-order chi connectivity index (χ0) is 14.7. The van der Waals surface area contributed by atoms with E-state index in [1.165, 1.54) is 58.0 Å². The molecule has 19 heavy (non-hydrogen) atoms. The first kappa shape index (κ1) is 19.3. The van der Waals surface area contributed by atoms with E-state index in [4.69, 9.17) is 12.6 Å². The van der Waals surface area contributed by atoms with E-state index in [1.54, 1.807) is 0 Å². The molecule has 1 unspecified atom stereocenters. The third-order valence-electron chi connectivity index (χ3n) is 4.45. The Morgan fingerprint density at radius 2 is 1.58 bits per heavy atom. The van der Waals surface area contributed by atoms with Crippen LogP contribution in [0.4, 0.5) is 0 Å². The summed E-state index contributed by atoms with van der Waals surface area (Å²) in [6, 6.07) is 0.708. The van der Waals surface area contributed by atoms with Crippen LogP contribution < -0.4 is 0 Å². The van der Waals surface area contributed by atoms with Gasteiger partial charge in [0, 0.05) is 12.6 Å². The Hall–Kier alpha value is 0.310. The van der Waals surface area contributed by atoms with Crippen LogP contribution in [-0.4, -0.2) is 29.8 Å². The van der Waals surface area contributed by atoms with Crippen LogP contribution in [0, 0.1) is 5.41 Å². The van der Waals surface area contributed by atoms with Gasteiger partial charge in [-0.1, -0.05) is 47.0 Å². The number of hydrogen-bond acceptors (Lipinski definition) is 2. The van der Waals surface area contributed by atoms with E-state index in [0.717, 1.165) is 5.75 Å². The summed E-state index contributed by atoms with van der Waals surface area (Å²) in [6.07, 6.45) is 9.08. The molecule has 0 aliphatic heterocycles. The number of unbranched alkanes of at least 4 members (excludes halogenated alkanes) is 1. The van der Waals surface area contributed by atoms with Gasteiger partial charge in [-0.15, -0.1) is 0 Å². The Bertz CT molecular complexity index is 199. The Labute approximate surface area is 127 Å². The third kappa shape index (κ3) is 7.04. The molecule has 1 atom stereocenters. The molecule has 0 fully saturated rings. The smallest absolute Gasteiger partial charge is 0.00645 e. The average molecular weight is 288 g/mol. The monoisotopic (exact) mass is 287 g/mol. The van der Waals surface area contributed by atoms with E-state index in [9.17, 15) is 0 Å². The number of nitrogens with zero attached hydrogens (tertiary/aromatic N) is 1. The van der Waals surface area contributed by atoms with Gasteiger partial charge >= 0.3 is 0 Å². The van der Waals surface area contributed by atoms with Crippen molar-refractivity contribution in [2.45, 2.75) is 85.6 Å². The Kier molecular flexibility index (Phi) is 11.2. The molecular formula is C17H37NS. The van der Waals surface area contributed by atoms with Crippen LogP contribution in [0.1, 0.15) is 79.6 Å². The van der Waals surface area contributed by atoms with Crippen LogP contribution in [0.15, 0.2) is 0 Å². The second-order valence-electron chi connectivity index (χ2n) is 6.24. The summed E-state index contributed by atoms with van der Waals surface area (Å²) in [7, 11) is 0. The predicted molar refractivity (Wildman–Crippen MR) is 92.3 cm³/mol. The molecule has 0 N–H and O–H groups in total. The van der Waals surface area contributed by atoms with E-state index in [-0.39, 0.29) is 0 Å².